The van der Waals surface area contributed by atoms with Crippen molar-refractivity contribution in [2.75, 3.05) is 35.7 Å². The molecular weight excluding hydrogens is 502 g/mol. The summed E-state index contributed by atoms with van der Waals surface area (Å²) in [6.45, 7) is 4.95. The van der Waals surface area contributed by atoms with Gasteiger partial charge in [-0.1, -0.05) is 12.1 Å². The van der Waals surface area contributed by atoms with Crippen LogP contribution in [-0.4, -0.2) is 55.0 Å². The smallest absolute Gasteiger partial charge is 0.182 e. The van der Waals surface area contributed by atoms with Crippen molar-refractivity contribution in [2.24, 2.45) is 0 Å². The number of hydrogen-bond acceptors (Lipinski definition) is 8. The number of hydrogen-bond donors (Lipinski definition) is 4. The highest BCUT2D eigenvalue weighted by Gasteiger charge is 2.23. The first-order chi connectivity index (χ1) is 18.3. The lowest BCUT2D eigenvalue weighted by Crippen LogP contribution is -2.35. The topological polar surface area (TPSA) is 120 Å². The fraction of sp³-hybridized carbons (Fsp3) is 0.321. The quantitative estimate of drug-likeness (QED) is 0.243. The van der Waals surface area contributed by atoms with E-state index in [0.29, 0.717) is 28.6 Å². The second-order valence-corrected chi connectivity index (χ2v) is 12.2. The number of nitrogens with one attached hydrogen (secondary N) is 3. The Morgan fingerprint density at radius 2 is 1.79 bits per heavy atom. The molecule has 1 aliphatic rings. The van der Waals surface area contributed by atoms with Crippen molar-refractivity contribution in [3.63, 3.8) is 0 Å². The van der Waals surface area contributed by atoms with Crippen molar-refractivity contribution in [1.82, 2.24) is 9.97 Å². The van der Waals surface area contributed by atoms with E-state index < -0.39 is 15.1 Å². The van der Waals surface area contributed by atoms with Gasteiger partial charge in [0.05, 0.1) is 40.4 Å². The molecule has 0 saturated carbocycles. The largest absolute Gasteiger partial charge is 0.494 e. The molecule has 1 saturated heterocycles. The molecule has 1 aliphatic heterocycles. The van der Waals surface area contributed by atoms with Gasteiger partial charge >= 0.3 is 0 Å². The third kappa shape index (κ3) is 5.14. The number of ether oxygens (including phenoxy) is 1. The molecule has 5 rings (SSSR count). The molecular formula is C28H33N5O4S. The minimum absolute atomic E-state index is 0.233. The number of H-pyrrole nitrogens is 1. The van der Waals surface area contributed by atoms with E-state index in [2.05, 4.69) is 20.5 Å². The zero-order chi connectivity index (χ0) is 26.9. The van der Waals surface area contributed by atoms with Crippen LogP contribution in [0, 0.1) is 0 Å². The minimum Gasteiger partial charge on any atom is -0.494 e. The van der Waals surface area contributed by atoms with E-state index in [1.165, 1.54) is 0 Å². The van der Waals surface area contributed by atoms with Crippen molar-refractivity contribution in [3.8, 4) is 5.75 Å². The van der Waals surface area contributed by atoms with Crippen LogP contribution < -0.4 is 20.3 Å². The van der Waals surface area contributed by atoms with Crippen LogP contribution >= 0.6 is 0 Å². The summed E-state index contributed by atoms with van der Waals surface area (Å²) >= 11 is 0. The monoisotopic (exact) mass is 535 g/mol. The molecule has 0 spiro atoms. The van der Waals surface area contributed by atoms with Crippen molar-refractivity contribution in [3.05, 3.63) is 60.8 Å². The molecule has 10 heteroatoms. The molecule has 2 aromatic heterocycles. The van der Waals surface area contributed by atoms with Gasteiger partial charge in [-0.05, 0) is 57.0 Å². The number of aliphatic hydroxyl groups excluding tert-OH is 1. The maximum Gasteiger partial charge on any atom is 0.182 e. The number of methoxy groups -OCH3 is 1. The zero-order valence-electron chi connectivity index (χ0n) is 21.7. The van der Waals surface area contributed by atoms with Gasteiger partial charge < -0.3 is 30.4 Å². The molecule has 2 aromatic carbocycles. The first-order valence-corrected chi connectivity index (χ1v) is 14.3. The summed E-state index contributed by atoms with van der Waals surface area (Å²) in [7, 11) is -1.86. The molecule has 0 radical (unpaired) electrons. The maximum atomic E-state index is 13.0. The van der Waals surface area contributed by atoms with Gasteiger partial charge in [-0.2, -0.15) is 0 Å². The third-order valence-corrected chi connectivity index (χ3v) is 9.10. The predicted octanol–water partition coefficient (Wildman–Crippen LogP) is 5.20. The number of aromatic amines is 1. The Morgan fingerprint density at radius 3 is 2.53 bits per heavy atom. The van der Waals surface area contributed by atoms with Gasteiger partial charge in [0.2, 0.25) is 0 Å². The lowest BCUT2D eigenvalue weighted by atomic mass is 10.1. The zero-order valence-corrected chi connectivity index (χ0v) is 22.5. The first kappa shape index (κ1) is 25.9. The number of piperidine rings is 1. The van der Waals surface area contributed by atoms with E-state index in [0.717, 1.165) is 42.7 Å². The van der Waals surface area contributed by atoms with Gasteiger partial charge in [0.25, 0.3) is 0 Å². The Hall–Kier alpha value is -3.76. The number of para-hydroxylation sites is 1. The fourth-order valence-electron chi connectivity index (χ4n) is 4.66. The van der Waals surface area contributed by atoms with Crippen molar-refractivity contribution in [1.29, 1.82) is 0 Å². The summed E-state index contributed by atoms with van der Waals surface area (Å²) in [6, 6.07) is 16.7. The third-order valence-electron chi connectivity index (χ3n) is 6.89. The number of benzene rings is 2. The molecule has 3 heterocycles. The Bertz CT molecular complexity index is 1540. The summed E-state index contributed by atoms with van der Waals surface area (Å²) < 4.78 is 31.7. The number of nitrogens with zero attached hydrogens (tertiary/aromatic N) is 2. The summed E-state index contributed by atoms with van der Waals surface area (Å²) in [5.41, 5.74) is 3.67. The molecule has 4 N–H and O–H groups in total. The molecule has 200 valence electrons. The van der Waals surface area contributed by atoms with Gasteiger partial charge in [0.1, 0.15) is 17.2 Å². The van der Waals surface area contributed by atoms with Gasteiger partial charge in [0.15, 0.2) is 9.84 Å². The second-order valence-electron chi connectivity index (χ2n) is 9.74. The summed E-state index contributed by atoms with van der Waals surface area (Å²) in [4.78, 5) is 10.4. The minimum atomic E-state index is -3.49. The van der Waals surface area contributed by atoms with E-state index >= 15 is 0 Å². The van der Waals surface area contributed by atoms with Crippen molar-refractivity contribution >= 4 is 49.4 Å². The van der Waals surface area contributed by atoms with E-state index in [9.17, 15) is 13.5 Å². The highest BCUT2D eigenvalue weighted by atomic mass is 32.2. The summed E-state index contributed by atoms with van der Waals surface area (Å²) in [5.74, 6) is 1.24. The normalized spacial score (nSPS) is 14.7. The van der Waals surface area contributed by atoms with E-state index in [1.54, 1.807) is 45.4 Å². The Labute approximate surface area is 222 Å². The van der Waals surface area contributed by atoms with Crippen LogP contribution in [0.5, 0.6) is 5.75 Å². The molecule has 1 fully saturated rings. The number of fused-ring (bicyclic) bond motifs is 1. The average Bonchev–Trinajstić information content (AvgIpc) is 3.39. The van der Waals surface area contributed by atoms with E-state index in [1.807, 2.05) is 36.4 Å². The maximum absolute atomic E-state index is 13.0. The van der Waals surface area contributed by atoms with Crippen LogP contribution in [0.1, 0.15) is 26.7 Å². The molecule has 4 aromatic rings. The SMILES string of the molecule is COc1cc(N2CCC(O)CC2)ccc1Nc1cc(Nc2ccccc2S(=O)(=O)C(C)C)c2cc[nH]c2n1. The number of sulfone groups is 1. The highest BCUT2D eigenvalue weighted by Crippen LogP contribution is 2.36. The van der Waals surface area contributed by atoms with Crippen LogP contribution in [0.25, 0.3) is 11.0 Å². The molecule has 0 atom stereocenters. The molecule has 0 aliphatic carbocycles. The fourth-order valence-corrected chi connectivity index (χ4v) is 5.87. The van der Waals surface area contributed by atoms with Crippen LogP contribution in [0.3, 0.4) is 0 Å². The van der Waals surface area contributed by atoms with E-state index in [4.69, 9.17) is 9.72 Å². The average molecular weight is 536 g/mol. The molecule has 38 heavy (non-hydrogen) atoms. The van der Waals surface area contributed by atoms with E-state index in [-0.39, 0.29) is 11.0 Å². The molecule has 0 amide bonds. The highest BCUT2D eigenvalue weighted by molar-refractivity contribution is 7.92. The number of anilines is 5. The molecule has 9 nitrogen and oxygen atoms in total. The Morgan fingerprint density at radius 1 is 1.03 bits per heavy atom. The number of aliphatic hydroxyl groups is 1. The molecule has 0 bridgehead atoms. The Balaban J connectivity index is 1.46. The van der Waals surface area contributed by atoms with Crippen LogP contribution in [0.2, 0.25) is 0 Å². The van der Waals surface area contributed by atoms with Crippen LogP contribution in [0.15, 0.2) is 65.7 Å². The van der Waals surface area contributed by atoms with Crippen LogP contribution in [-0.2, 0) is 9.84 Å². The predicted molar refractivity (Wildman–Crippen MR) is 152 cm³/mol. The van der Waals surface area contributed by atoms with Crippen molar-refractivity contribution < 1.29 is 18.3 Å². The van der Waals surface area contributed by atoms with Gasteiger partial charge in [0, 0.05) is 42.5 Å². The van der Waals surface area contributed by atoms with Gasteiger partial charge in [-0.25, -0.2) is 13.4 Å². The Kier molecular flexibility index (Phi) is 7.18. The van der Waals surface area contributed by atoms with Crippen LogP contribution in [0.4, 0.5) is 28.6 Å². The lowest BCUT2D eigenvalue weighted by Gasteiger charge is -2.31. The van der Waals surface area contributed by atoms with Gasteiger partial charge in [-0.15, -0.1) is 0 Å². The van der Waals surface area contributed by atoms with Gasteiger partial charge in [-0.3, -0.25) is 0 Å². The number of pyridine rings is 1. The molecule has 0 unspecified atom stereocenters. The second kappa shape index (κ2) is 10.5. The summed E-state index contributed by atoms with van der Waals surface area (Å²) in [5, 5.41) is 16.8. The lowest BCUT2D eigenvalue weighted by molar-refractivity contribution is 0.145. The standard InChI is InChI=1S/C28H33N5O4S/c1-18(2)38(35,36)26-7-5-4-6-23(26)30-24-17-27(32-28-21(24)10-13-29-28)31-22-9-8-19(16-25(22)37-3)33-14-11-20(34)12-15-33/h4-10,13,16-18,20,34H,11-12,14-15H2,1-3H3,(H3,29,30,31,32). The number of aromatic nitrogens is 2. The van der Waals surface area contributed by atoms with Crippen molar-refractivity contribution in [2.45, 2.75) is 42.9 Å². The summed E-state index contributed by atoms with van der Waals surface area (Å²) in [6.07, 6.45) is 3.07. The first-order valence-electron chi connectivity index (χ1n) is 12.7. The number of rotatable bonds is 8.